The SMILES string of the molecule is CCC1(C)C(=O)CC1Oc1ccc(C(C)C)c(C)c1. The third-order valence-corrected chi connectivity index (χ3v) is 4.59. The summed E-state index contributed by atoms with van der Waals surface area (Å²) >= 11 is 0. The molecular formula is C17H24O2. The molecule has 2 unspecified atom stereocenters. The highest BCUT2D eigenvalue weighted by Crippen LogP contribution is 2.42. The third kappa shape index (κ3) is 2.41. The fourth-order valence-electron chi connectivity index (χ4n) is 2.81. The zero-order chi connectivity index (χ0) is 14.2. The van der Waals surface area contributed by atoms with Crippen LogP contribution in [0.5, 0.6) is 5.75 Å². The first-order valence-electron chi connectivity index (χ1n) is 7.19. The van der Waals surface area contributed by atoms with Crippen LogP contribution >= 0.6 is 0 Å². The molecule has 1 saturated carbocycles. The Morgan fingerprint density at radius 1 is 1.42 bits per heavy atom. The summed E-state index contributed by atoms with van der Waals surface area (Å²) in [5.74, 6) is 1.75. The summed E-state index contributed by atoms with van der Waals surface area (Å²) in [6, 6.07) is 6.26. The molecule has 19 heavy (non-hydrogen) atoms. The van der Waals surface area contributed by atoms with Gasteiger partial charge in [-0.15, -0.1) is 0 Å². The minimum Gasteiger partial charge on any atom is -0.489 e. The maximum absolute atomic E-state index is 11.7. The largest absolute Gasteiger partial charge is 0.489 e. The molecule has 1 aliphatic rings. The molecule has 0 heterocycles. The summed E-state index contributed by atoms with van der Waals surface area (Å²) in [5.41, 5.74) is 2.33. The highest BCUT2D eigenvalue weighted by Gasteiger charge is 2.51. The number of rotatable bonds is 4. The second-order valence-electron chi connectivity index (χ2n) is 6.18. The molecule has 2 atom stereocenters. The Balaban J connectivity index is 2.13. The monoisotopic (exact) mass is 260 g/mol. The molecule has 2 rings (SSSR count). The maximum atomic E-state index is 11.7. The van der Waals surface area contributed by atoms with Crippen molar-refractivity contribution in [3.63, 3.8) is 0 Å². The standard InChI is InChI=1S/C17H24O2/c1-6-17(5)15(18)10-16(17)19-13-7-8-14(11(2)3)12(4)9-13/h7-9,11,16H,6,10H2,1-5H3. The molecule has 0 saturated heterocycles. The van der Waals surface area contributed by atoms with E-state index >= 15 is 0 Å². The number of hydrogen-bond donors (Lipinski definition) is 0. The van der Waals surface area contributed by atoms with Crippen molar-refractivity contribution in [3.8, 4) is 5.75 Å². The van der Waals surface area contributed by atoms with E-state index in [-0.39, 0.29) is 11.5 Å². The number of aryl methyl sites for hydroxylation is 1. The molecular weight excluding hydrogens is 236 g/mol. The Kier molecular flexibility index (Phi) is 3.71. The van der Waals surface area contributed by atoms with Gasteiger partial charge in [-0.2, -0.15) is 0 Å². The second kappa shape index (κ2) is 4.99. The molecule has 0 N–H and O–H groups in total. The molecule has 2 heteroatoms. The number of hydrogen-bond acceptors (Lipinski definition) is 2. The molecule has 0 radical (unpaired) electrons. The molecule has 0 spiro atoms. The van der Waals surface area contributed by atoms with E-state index in [1.807, 2.05) is 13.0 Å². The van der Waals surface area contributed by atoms with E-state index in [1.165, 1.54) is 11.1 Å². The quantitative estimate of drug-likeness (QED) is 0.808. The van der Waals surface area contributed by atoms with Crippen LogP contribution in [0.3, 0.4) is 0 Å². The molecule has 0 bridgehead atoms. The topological polar surface area (TPSA) is 26.3 Å². The summed E-state index contributed by atoms with van der Waals surface area (Å²) in [5, 5.41) is 0. The van der Waals surface area contributed by atoms with Gasteiger partial charge in [0, 0.05) is 6.42 Å². The van der Waals surface area contributed by atoms with Crippen molar-refractivity contribution in [1.29, 1.82) is 0 Å². The van der Waals surface area contributed by atoms with Crippen molar-refractivity contribution in [2.75, 3.05) is 0 Å². The average molecular weight is 260 g/mol. The summed E-state index contributed by atoms with van der Waals surface area (Å²) in [6.45, 7) is 10.6. The summed E-state index contributed by atoms with van der Waals surface area (Å²) in [4.78, 5) is 11.7. The zero-order valence-electron chi connectivity index (χ0n) is 12.6. The van der Waals surface area contributed by atoms with Crippen LogP contribution in [0.15, 0.2) is 18.2 Å². The van der Waals surface area contributed by atoms with Crippen LogP contribution in [0.25, 0.3) is 0 Å². The minimum atomic E-state index is -0.287. The number of ether oxygens (including phenoxy) is 1. The highest BCUT2D eigenvalue weighted by molar-refractivity contribution is 5.92. The van der Waals surface area contributed by atoms with Gasteiger partial charge in [-0.25, -0.2) is 0 Å². The predicted molar refractivity (Wildman–Crippen MR) is 77.7 cm³/mol. The van der Waals surface area contributed by atoms with E-state index in [2.05, 4.69) is 39.8 Å². The highest BCUT2D eigenvalue weighted by atomic mass is 16.5. The fraction of sp³-hybridized carbons (Fsp3) is 0.588. The van der Waals surface area contributed by atoms with Crippen LogP contribution in [0.4, 0.5) is 0 Å². The van der Waals surface area contributed by atoms with E-state index < -0.39 is 0 Å². The molecule has 0 amide bonds. The van der Waals surface area contributed by atoms with Crippen molar-refractivity contribution >= 4 is 5.78 Å². The van der Waals surface area contributed by atoms with Gasteiger partial charge in [-0.3, -0.25) is 4.79 Å². The molecule has 1 fully saturated rings. The van der Waals surface area contributed by atoms with E-state index in [4.69, 9.17) is 4.74 Å². The van der Waals surface area contributed by atoms with Gasteiger partial charge in [-0.1, -0.05) is 26.8 Å². The summed E-state index contributed by atoms with van der Waals surface area (Å²) < 4.78 is 6.02. The Hall–Kier alpha value is -1.31. The predicted octanol–water partition coefficient (Wildman–Crippen LogP) is 4.25. The smallest absolute Gasteiger partial charge is 0.146 e. The van der Waals surface area contributed by atoms with Crippen LogP contribution in [0, 0.1) is 12.3 Å². The van der Waals surface area contributed by atoms with Crippen LogP contribution in [-0.4, -0.2) is 11.9 Å². The normalized spacial score (nSPS) is 26.4. The van der Waals surface area contributed by atoms with E-state index in [1.54, 1.807) is 0 Å². The number of ketones is 1. The van der Waals surface area contributed by atoms with Crippen LogP contribution in [0.2, 0.25) is 0 Å². The van der Waals surface area contributed by atoms with Gasteiger partial charge in [0.05, 0.1) is 5.41 Å². The van der Waals surface area contributed by atoms with Gasteiger partial charge in [-0.05, 0) is 49.4 Å². The third-order valence-electron chi connectivity index (χ3n) is 4.59. The average Bonchev–Trinajstić information content (AvgIpc) is 2.37. The number of carbonyl (C=O) groups is 1. The molecule has 1 aromatic carbocycles. The molecule has 0 aromatic heterocycles. The molecule has 1 aliphatic carbocycles. The van der Waals surface area contributed by atoms with Gasteiger partial charge in [0.2, 0.25) is 0 Å². The molecule has 1 aromatic rings. The second-order valence-corrected chi connectivity index (χ2v) is 6.18. The molecule has 104 valence electrons. The van der Waals surface area contributed by atoms with Crippen molar-refractivity contribution < 1.29 is 9.53 Å². The van der Waals surface area contributed by atoms with Gasteiger partial charge < -0.3 is 4.74 Å². The molecule has 0 aliphatic heterocycles. The first-order valence-corrected chi connectivity index (χ1v) is 7.19. The minimum absolute atomic E-state index is 0.0364. The van der Waals surface area contributed by atoms with Crippen LogP contribution in [-0.2, 0) is 4.79 Å². The molecule has 2 nitrogen and oxygen atoms in total. The summed E-state index contributed by atoms with van der Waals surface area (Å²) in [7, 11) is 0. The lowest BCUT2D eigenvalue weighted by atomic mass is 9.64. The van der Waals surface area contributed by atoms with E-state index in [0.717, 1.165) is 12.2 Å². The van der Waals surface area contributed by atoms with Gasteiger partial charge in [0.1, 0.15) is 17.6 Å². The Labute approximate surface area is 116 Å². The van der Waals surface area contributed by atoms with Crippen LogP contribution < -0.4 is 4.74 Å². The maximum Gasteiger partial charge on any atom is 0.146 e. The van der Waals surface area contributed by atoms with E-state index in [9.17, 15) is 4.79 Å². The van der Waals surface area contributed by atoms with Crippen LogP contribution in [0.1, 0.15) is 57.6 Å². The van der Waals surface area contributed by atoms with Gasteiger partial charge in [0.25, 0.3) is 0 Å². The van der Waals surface area contributed by atoms with E-state index in [0.29, 0.717) is 18.1 Å². The lowest BCUT2D eigenvalue weighted by molar-refractivity contribution is -0.150. The fourth-order valence-corrected chi connectivity index (χ4v) is 2.81. The number of benzene rings is 1. The summed E-state index contributed by atoms with van der Waals surface area (Å²) in [6.07, 6.45) is 1.43. The first-order chi connectivity index (χ1) is 8.88. The Bertz CT molecular complexity index is 490. The number of Topliss-reactive ketones (excluding diaryl/α,β-unsaturated/α-hetero) is 1. The Morgan fingerprint density at radius 2 is 2.11 bits per heavy atom. The number of carbonyl (C=O) groups excluding carboxylic acids is 1. The lowest BCUT2D eigenvalue weighted by Crippen LogP contribution is -2.54. The first kappa shape index (κ1) is 14.1. The van der Waals surface area contributed by atoms with Crippen molar-refractivity contribution in [1.82, 2.24) is 0 Å². The lowest BCUT2D eigenvalue weighted by Gasteiger charge is -2.44. The van der Waals surface area contributed by atoms with Crippen molar-refractivity contribution in [2.45, 2.75) is 59.5 Å². The van der Waals surface area contributed by atoms with Gasteiger partial charge >= 0.3 is 0 Å². The zero-order valence-corrected chi connectivity index (χ0v) is 12.6. The van der Waals surface area contributed by atoms with Crippen molar-refractivity contribution in [2.24, 2.45) is 5.41 Å². The van der Waals surface area contributed by atoms with Crippen molar-refractivity contribution in [3.05, 3.63) is 29.3 Å². The Morgan fingerprint density at radius 3 is 2.58 bits per heavy atom. The van der Waals surface area contributed by atoms with Gasteiger partial charge in [0.15, 0.2) is 0 Å².